The number of methoxy groups -OCH3 is 1. The number of nitrogens with zero attached hydrogens (tertiary/aromatic N) is 3. The molecule has 1 aliphatic rings. The number of nitrogens with one attached hydrogen (secondary N) is 1. The molecule has 20 heavy (non-hydrogen) atoms. The van der Waals surface area contributed by atoms with E-state index in [9.17, 15) is 10.1 Å². The highest BCUT2D eigenvalue weighted by atomic mass is 16.6. The minimum atomic E-state index is -0.492. The third-order valence-corrected chi connectivity index (χ3v) is 3.77. The van der Waals surface area contributed by atoms with Crippen molar-refractivity contribution >= 4 is 11.5 Å². The Labute approximate surface area is 117 Å². The molecule has 110 valence electrons. The molecule has 1 aromatic rings. The Kier molecular flexibility index (Phi) is 4.36. The second-order valence-corrected chi connectivity index (χ2v) is 5.25. The molecule has 1 heterocycles. The monoisotopic (exact) mass is 280 g/mol. The van der Waals surface area contributed by atoms with Gasteiger partial charge in [0.2, 0.25) is 5.82 Å². The van der Waals surface area contributed by atoms with Crippen LogP contribution in [0, 0.1) is 23.0 Å². The smallest absolute Gasteiger partial charge is 0.372 e. The molecule has 0 aliphatic heterocycles. The summed E-state index contributed by atoms with van der Waals surface area (Å²) in [5.41, 5.74) is -0.184. The second kappa shape index (κ2) is 6.02. The SMILES string of the molecule is COc1nc(C)nc(NC2CCCCC2C)c1[N+](=O)[O-]. The molecule has 2 rings (SSSR count). The van der Waals surface area contributed by atoms with E-state index in [0.29, 0.717) is 11.7 Å². The third-order valence-electron chi connectivity index (χ3n) is 3.77. The lowest BCUT2D eigenvalue weighted by molar-refractivity contribution is -0.385. The number of aryl methyl sites for hydroxylation is 1. The molecule has 7 nitrogen and oxygen atoms in total. The fourth-order valence-electron chi connectivity index (χ4n) is 2.65. The van der Waals surface area contributed by atoms with Gasteiger partial charge in [-0.25, -0.2) is 4.98 Å². The van der Waals surface area contributed by atoms with Crippen molar-refractivity contribution in [3.8, 4) is 5.88 Å². The molecule has 0 saturated heterocycles. The van der Waals surface area contributed by atoms with E-state index in [1.807, 2.05) is 0 Å². The van der Waals surface area contributed by atoms with E-state index < -0.39 is 4.92 Å². The van der Waals surface area contributed by atoms with Crippen LogP contribution in [0.5, 0.6) is 5.88 Å². The molecule has 2 unspecified atom stereocenters. The summed E-state index contributed by atoms with van der Waals surface area (Å²) in [6.07, 6.45) is 4.49. The maximum atomic E-state index is 11.2. The molecule has 1 aromatic heterocycles. The zero-order chi connectivity index (χ0) is 14.7. The summed E-state index contributed by atoms with van der Waals surface area (Å²) in [7, 11) is 1.38. The van der Waals surface area contributed by atoms with Gasteiger partial charge in [0.15, 0.2) is 0 Å². The standard InChI is InChI=1S/C13H20N4O3/c1-8-6-4-5-7-10(8)16-12-11(17(18)19)13(20-3)15-9(2)14-12/h8,10H,4-7H2,1-3H3,(H,14,15,16). The van der Waals surface area contributed by atoms with Crippen molar-refractivity contribution < 1.29 is 9.66 Å². The first kappa shape index (κ1) is 14.5. The van der Waals surface area contributed by atoms with Gasteiger partial charge in [-0.05, 0) is 25.7 Å². The highest BCUT2D eigenvalue weighted by Crippen LogP contribution is 2.34. The Morgan fingerprint density at radius 3 is 2.65 bits per heavy atom. The Balaban J connectivity index is 2.34. The van der Waals surface area contributed by atoms with Crippen molar-refractivity contribution in [2.24, 2.45) is 5.92 Å². The Morgan fingerprint density at radius 2 is 2.05 bits per heavy atom. The second-order valence-electron chi connectivity index (χ2n) is 5.25. The van der Waals surface area contributed by atoms with Crippen LogP contribution in [0.2, 0.25) is 0 Å². The minimum absolute atomic E-state index is 0.00784. The van der Waals surface area contributed by atoms with Gasteiger partial charge in [-0.15, -0.1) is 0 Å². The molecule has 0 radical (unpaired) electrons. The van der Waals surface area contributed by atoms with Crippen LogP contribution in [0.25, 0.3) is 0 Å². The fourth-order valence-corrected chi connectivity index (χ4v) is 2.65. The normalized spacial score (nSPS) is 22.4. The van der Waals surface area contributed by atoms with E-state index in [1.54, 1.807) is 6.92 Å². The van der Waals surface area contributed by atoms with Gasteiger partial charge < -0.3 is 10.1 Å². The van der Waals surface area contributed by atoms with Crippen molar-refractivity contribution in [3.05, 3.63) is 15.9 Å². The van der Waals surface area contributed by atoms with E-state index in [1.165, 1.54) is 13.5 Å². The predicted molar refractivity (Wildman–Crippen MR) is 75.0 cm³/mol. The van der Waals surface area contributed by atoms with Gasteiger partial charge in [0.05, 0.1) is 12.0 Å². The van der Waals surface area contributed by atoms with E-state index in [4.69, 9.17) is 4.74 Å². The van der Waals surface area contributed by atoms with Crippen LogP contribution < -0.4 is 10.1 Å². The van der Waals surface area contributed by atoms with E-state index >= 15 is 0 Å². The topological polar surface area (TPSA) is 90.2 Å². The number of hydrogen-bond donors (Lipinski definition) is 1. The van der Waals surface area contributed by atoms with Gasteiger partial charge >= 0.3 is 5.69 Å². The van der Waals surface area contributed by atoms with E-state index in [2.05, 4.69) is 22.2 Å². The van der Waals surface area contributed by atoms with Crippen LogP contribution in [0.15, 0.2) is 0 Å². The highest BCUT2D eigenvalue weighted by Gasteiger charge is 2.29. The van der Waals surface area contributed by atoms with Crippen molar-refractivity contribution in [1.29, 1.82) is 0 Å². The summed E-state index contributed by atoms with van der Waals surface area (Å²) in [5.74, 6) is 1.20. The van der Waals surface area contributed by atoms with Gasteiger partial charge in [0.25, 0.3) is 5.88 Å². The molecular formula is C13H20N4O3. The van der Waals surface area contributed by atoms with Gasteiger partial charge in [0.1, 0.15) is 5.82 Å². The molecule has 0 spiro atoms. The lowest BCUT2D eigenvalue weighted by Gasteiger charge is -2.29. The molecule has 1 N–H and O–H groups in total. The molecule has 0 aromatic carbocycles. The minimum Gasteiger partial charge on any atom is -0.476 e. The van der Waals surface area contributed by atoms with E-state index in [0.717, 1.165) is 19.3 Å². The number of rotatable bonds is 4. The predicted octanol–water partition coefficient (Wildman–Crippen LogP) is 2.69. The highest BCUT2D eigenvalue weighted by molar-refractivity contribution is 5.62. The molecule has 7 heteroatoms. The van der Waals surface area contributed by atoms with E-state index in [-0.39, 0.29) is 23.4 Å². The maximum Gasteiger partial charge on any atom is 0.372 e. The fraction of sp³-hybridized carbons (Fsp3) is 0.692. The van der Waals surface area contributed by atoms with Crippen molar-refractivity contribution in [2.75, 3.05) is 12.4 Å². The van der Waals surface area contributed by atoms with Crippen molar-refractivity contribution in [2.45, 2.75) is 45.6 Å². The average Bonchev–Trinajstić information content (AvgIpc) is 2.40. The maximum absolute atomic E-state index is 11.2. The quantitative estimate of drug-likeness (QED) is 0.673. The van der Waals surface area contributed by atoms with Crippen LogP contribution in [-0.2, 0) is 0 Å². The van der Waals surface area contributed by atoms with Gasteiger partial charge in [-0.2, -0.15) is 4.98 Å². The summed E-state index contributed by atoms with van der Waals surface area (Å²) >= 11 is 0. The number of ether oxygens (including phenoxy) is 1. The largest absolute Gasteiger partial charge is 0.476 e. The first-order valence-corrected chi connectivity index (χ1v) is 6.86. The van der Waals surface area contributed by atoms with Crippen LogP contribution >= 0.6 is 0 Å². The van der Waals surface area contributed by atoms with Gasteiger partial charge in [0, 0.05) is 6.04 Å². The molecule has 1 saturated carbocycles. The lowest BCUT2D eigenvalue weighted by Crippen LogP contribution is -2.31. The Hall–Kier alpha value is -1.92. The Morgan fingerprint density at radius 1 is 1.35 bits per heavy atom. The Bertz CT molecular complexity index is 507. The average molecular weight is 280 g/mol. The van der Waals surface area contributed by atoms with Crippen LogP contribution in [0.4, 0.5) is 11.5 Å². The molecule has 2 atom stereocenters. The number of anilines is 1. The number of nitro groups is 1. The summed E-state index contributed by atoms with van der Waals surface area (Å²) in [6.45, 7) is 3.86. The lowest BCUT2D eigenvalue weighted by atomic mass is 9.86. The first-order valence-electron chi connectivity index (χ1n) is 6.86. The summed E-state index contributed by atoms with van der Waals surface area (Å²) in [5, 5.41) is 14.5. The number of hydrogen-bond acceptors (Lipinski definition) is 6. The molecular weight excluding hydrogens is 260 g/mol. The van der Waals surface area contributed by atoms with Gasteiger partial charge in [-0.3, -0.25) is 10.1 Å². The molecule has 0 amide bonds. The molecule has 1 aliphatic carbocycles. The summed E-state index contributed by atoms with van der Waals surface area (Å²) in [4.78, 5) is 18.9. The first-order chi connectivity index (χ1) is 9.52. The third kappa shape index (κ3) is 2.97. The zero-order valence-electron chi connectivity index (χ0n) is 12.0. The van der Waals surface area contributed by atoms with Crippen molar-refractivity contribution in [3.63, 3.8) is 0 Å². The zero-order valence-corrected chi connectivity index (χ0v) is 12.0. The van der Waals surface area contributed by atoms with Crippen LogP contribution in [0.3, 0.4) is 0 Å². The van der Waals surface area contributed by atoms with Crippen molar-refractivity contribution in [1.82, 2.24) is 9.97 Å². The molecule has 0 bridgehead atoms. The summed E-state index contributed by atoms with van der Waals surface area (Å²) in [6, 6.07) is 0.210. The summed E-state index contributed by atoms with van der Waals surface area (Å²) < 4.78 is 5.01. The number of aromatic nitrogens is 2. The molecule has 1 fully saturated rings. The van der Waals surface area contributed by atoms with Crippen LogP contribution in [0.1, 0.15) is 38.4 Å². The van der Waals surface area contributed by atoms with Gasteiger partial charge in [-0.1, -0.05) is 19.8 Å². The van der Waals surface area contributed by atoms with Crippen LogP contribution in [-0.4, -0.2) is 28.0 Å².